The molecule has 0 bridgehead atoms. The highest BCUT2D eigenvalue weighted by molar-refractivity contribution is 5.64. The Morgan fingerprint density at radius 3 is 2.36 bits per heavy atom. The van der Waals surface area contributed by atoms with Crippen molar-refractivity contribution in [3.8, 4) is 11.1 Å². The highest BCUT2D eigenvalue weighted by Crippen LogP contribution is 2.24. The molecular weight excluding hydrogens is 304 g/mol. The average Bonchev–Trinajstić information content (AvgIpc) is 3.05. The first-order valence-corrected chi connectivity index (χ1v) is 9.17. The van der Waals surface area contributed by atoms with Gasteiger partial charge in [-0.2, -0.15) is 0 Å². The third-order valence-electron chi connectivity index (χ3n) is 4.49. The summed E-state index contributed by atoms with van der Waals surface area (Å²) < 4.78 is 2.25. The van der Waals surface area contributed by atoms with Gasteiger partial charge in [0.15, 0.2) is 0 Å². The van der Waals surface area contributed by atoms with E-state index in [-0.39, 0.29) is 5.41 Å². The predicted molar refractivity (Wildman–Crippen MR) is 106 cm³/mol. The van der Waals surface area contributed by atoms with Crippen LogP contribution in [-0.2, 0) is 18.4 Å². The standard InChI is InChI=1S/C23H28N2/c1-5-7-18-8-6-9-21(16-18)20-12-10-19(11-13-20)17-25-15-14-24-22(25)23(2,3)4/h6,8-16H,5,7,17H2,1-4H3. The van der Waals surface area contributed by atoms with Gasteiger partial charge in [-0.15, -0.1) is 0 Å². The molecule has 0 radical (unpaired) electrons. The first kappa shape index (κ1) is 17.5. The van der Waals surface area contributed by atoms with Crippen molar-refractivity contribution >= 4 is 0 Å². The van der Waals surface area contributed by atoms with E-state index in [1.807, 2.05) is 6.20 Å². The Kier molecular flexibility index (Phi) is 5.08. The van der Waals surface area contributed by atoms with Gasteiger partial charge >= 0.3 is 0 Å². The van der Waals surface area contributed by atoms with E-state index in [1.54, 1.807) is 0 Å². The van der Waals surface area contributed by atoms with Crippen LogP contribution in [0.25, 0.3) is 11.1 Å². The molecule has 0 unspecified atom stereocenters. The van der Waals surface area contributed by atoms with Crippen LogP contribution in [-0.4, -0.2) is 9.55 Å². The molecule has 0 saturated carbocycles. The van der Waals surface area contributed by atoms with Crippen LogP contribution in [0.3, 0.4) is 0 Å². The second kappa shape index (κ2) is 7.26. The van der Waals surface area contributed by atoms with Crippen molar-refractivity contribution in [2.45, 2.75) is 52.5 Å². The van der Waals surface area contributed by atoms with Gasteiger partial charge in [-0.1, -0.05) is 82.6 Å². The minimum atomic E-state index is 0.0587. The monoisotopic (exact) mass is 332 g/mol. The fourth-order valence-corrected chi connectivity index (χ4v) is 3.28. The average molecular weight is 332 g/mol. The molecule has 0 atom stereocenters. The summed E-state index contributed by atoms with van der Waals surface area (Å²) >= 11 is 0. The summed E-state index contributed by atoms with van der Waals surface area (Å²) in [6.45, 7) is 9.71. The molecule has 0 aliphatic carbocycles. The van der Waals surface area contributed by atoms with Gasteiger partial charge < -0.3 is 4.57 Å². The molecule has 130 valence electrons. The maximum atomic E-state index is 4.54. The third-order valence-corrected chi connectivity index (χ3v) is 4.49. The van der Waals surface area contributed by atoms with Crippen LogP contribution in [0.1, 0.15) is 51.1 Å². The molecule has 0 aliphatic rings. The molecule has 25 heavy (non-hydrogen) atoms. The van der Waals surface area contributed by atoms with Crippen LogP contribution in [0.4, 0.5) is 0 Å². The topological polar surface area (TPSA) is 17.8 Å². The molecule has 3 rings (SSSR count). The van der Waals surface area contributed by atoms with Crippen molar-refractivity contribution in [2.24, 2.45) is 0 Å². The quantitative estimate of drug-likeness (QED) is 0.573. The summed E-state index contributed by atoms with van der Waals surface area (Å²) in [5, 5.41) is 0. The molecule has 3 aromatic rings. The number of imidazole rings is 1. The molecule has 0 N–H and O–H groups in total. The van der Waals surface area contributed by atoms with Crippen LogP contribution >= 0.6 is 0 Å². The van der Waals surface area contributed by atoms with E-state index in [0.29, 0.717) is 0 Å². The maximum absolute atomic E-state index is 4.54. The predicted octanol–water partition coefficient (Wildman–Crippen LogP) is 5.85. The summed E-state index contributed by atoms with van der Waals surface area (Å²) in [6.07, 6.45) is 6.29. The van der Waals surface area contributed by atoms with Crippen molar-refractivity contribution in [1.82, 2.24) is 9.55 Å². The fourth-order valence-electron chi connectivity index (χ4n) is 3.28. The SMILES string of the molecule is CCCc1cccc(-c2ccc(Cn3ccnc3C(C)(C)C)cc2)c1. The number of hydrogen-bond acceptors (Lipinski definition) is 1. The van der Waals surface area contributed by atoms with Gasteiger partial charge in [-0.25, -0.2) is 4.98 Å². The summed E-state index contributed by atoms with van der Waals surface area (Å²) in [5.74, 6) is 1.13. The number of rotatable bonds is 5. The van der Waals surface area contributed by atoms with E-state index in [9.17, 15) is 0 Å². The van der Waals surface area contributed by atoms with Crippen LogP contribution < -0.4 is 0 Å². The van der Waals surface area contributed by atoms with Crippen LogP contribution in [0.5, 0.6) is 0 Å². The molecule has 0 spiro atoms. The first-order chi connectivity index (χ1) is 12.0. The normalized spacial score (nSPS) is 11.7. The molecule has 1 heterocycles. The Morgan fingerprint density at radius 2 is 1.68 bits per heavy atom. The highest BCUT2D eigenvalue weighted by Gasteiger charge is 2.19. The van der Waals surface area contributed by atoms with Crippen LogP contribution in [0, 0.1) is 0 Å². The lowest BCUT2D eigenvalue weighted by molar-refractivity contribution is 0.511. The van der Waals surface area contributed by atoms with Gasteiger partial charge in [0.1, 0.15) is 5.82 Å². The van der Waals surface area contributed by atoms with E-state index in [0.717, 1.165) is 18.8 Å². The van der Waals surface area contributed by atoms with Gasteiger partial charge in [0.25, 0.3) is 0 Å². The first-order valence-electron chi connectivity index (χ1n) is 9.17. The van der Waals surface area contributed by atoms with Gasteiger partial charge in [0, 0.05) is 24.4 Å². The van der Waals surface area contributed by atoms with E-state index in [2.05, 4.69) is 92.0 Å². The Morgan fingerprint density at radius 1 is 0.920 bits per heavy atom. The third kappa shape index (κ3) is 4.19. The lowest BCUT2D eigenvalue weighted by Gasteiger charge is -2.20. The lowest BCUT2D eigenvalue weighted by atomic mass is 9.95. The molecule has 2 aromatic carbocycles. The molecule has 2 nitrogen and oxygen atoms in total. The minimum Gasteiger partial charge on any atom is -0.330 e. The summed E-state index contributed by atoms with van der Waals surface area (Å²) in [5.41, 5.74) is 5.36. The number of benzene rings is 2. The summed E-state index contributed by atoms with van der Waals surface area (Å²) in [4.78, 5) is 4.54. The van der Waals surface area contributed by atoms with Crippen LogP contribution in [0.2, 0.25) is 0 Å². The smallest absolute Gasteiger partial charge is 0.114 e. The van der Waals surface area contributed by atoms with Crippen molar-refractivity contribution in [1.29, 1.82) is 0 Å². The maximum Gasteiger partial charge on any atom is 0.114 e. The summed E-state index contributed by atoms with van der Waals surface area (Å²) in [7, 11) is 0. The molecule has 2 heteroatoms. The Hall–Kier alpha value is -2.35. The Bertz CT molecular complexity index is 820. The van der Waals surface area contributed by atoms with Gasteiger partial charge in [-0.3, -0.25) is 0 Å². The van der Waals surface area contributed by atoms with Crippen LogP contribution in [0.15, 0.2) is 60.9 Å². The van der Waals surface area contributed by atoms with E-state index in [1.165, 1.54) is 28.7 Å². The van der Waals surface area contributed by atoms with E-state index >= 15 is 0 Å². The van der Waals surface area contributed by atoms with Gasteiger partial charge in [0.05, 0.1) is 0 Å². The highest BCUT2D eigenvalue weighted by atomic mass is 15.1. The van der Waals surface area contributed by atoms with E-state index in [4.69, 9.17) is 0 Å². The van der Waals surface area contributed by atoms with E-state index < -0.39 is 0 Å². The number of hydrogen-bond donors (Lipinski definition) is 0. The second-order valence-electron chi connectivity index (χ2n) is 7.78. The zero-order chi connectivity index (χ0) is 17.9. The zero-order valence-electron chi connectivity index (χ0n) is 15.8. The molecule has 0 aliphatic heterocycles. The van der Waals surface area contributed by atoms with Crippen molar-refractivity contribution < 1.29 is 0 Å². The van der Waals surface area contributed by atoms with Crippen molar-refractivity contribution in [3.63, 3.8) is 0 Å². The number of nitrogens with zero attached hydrogens (tertiary/aromatic N) is 2. The molecular formula is C23H28N2. The van der Waals surface area contributed by atoms with Gasteiger partial charge in [0.2, 0.25) is 0 Å². The Labute approximate surface area is 151 Å². The molecule has 0 saturated heterocycles. The molecule has 1 aromatic heterocycles. The zero-order valence-corrected chi connectivity index (χ0v) is 15.8. The van der Waals surface area contributed by atoms with Crippen molar-refractivity contribution in [3.05, 3.63) is 77.9 Å². The minimum absolute atomic E-state index is 0.0587. The number of aromatic nitrogens is 2. The lowest BCUT2D eigenvalue weighted by Crippen LogP contribution is -2.19. The fraction of sp³-hybridized carbons (Fsp3) is 0.348. The largest absolute Gasteiger partial charge is 0.330 e. The molecule has 0 fully saturated rings. The Balaban J connectivity index is 1.79. The summed E-state index contributed by atoms with van der Waals surface area (Å²) in [6, 6.07) is 17.8. The molecule has 0 amide bonds. The van der Waals surface area contributed by atoms with Crippen molar-refractivity contribution in [2.75, 3.05) is 0 Å². The number of aryl methyl sites for hydroxylation is 1. The second-order valence-corrected chi connectivity index (χ2v) is 7.78. The van der Waals surface area contributed by atoms with Gasteiger partial charge in [-0.05, 0) is 28.7 Å².